The van der Waals surface area contributed by atoms with Crippen molar-refractivity contribution in [3.8, 4) is 11.4 Å². The van der Waals surface area contributed by atoms with Crippen LogP contribution in [0.5, 0.6) is 5.75 Å². The van der Waals surface area contributed by atoms with Crippen LogP contribution >= 0.6 is 0 Å². The van der Waals surface area contributed by atoms with Gasteiger partial charge in [-0.05, 0) is 32.9 Å². The maximum Gasteiger partial charge on any atom is 0.165 e. The molecular formula is C15H20FN3O. The summed E-state index contributed by atoms with van der Waals surface area (Å²) in [5.41, 5.74) is 1.86. The molecule has 0 unspecified atom stereocenters. The first-order chi connectivity index (χ1) is 9.40. The van der Waals surface area contributed by atoms with Crippen molar-refractivity contribution in [2.45, 2.75) is 32.9 Å². The highest BCUT2D eigenvalue weighted by atomic mass is 19.1. The van der Waals surface area contributed by atoms with Crippen molar-refractivity contribution in [3.05, 3.63) is 42.2 Å². The number of benzene rings is 1. The highest BCUT2D eigenvalue weighted by Crippen LogP contribution is 2.22. The Kier molecular flexibility index (Phi) is 4.09. The van der Waals surface area contributed by atoms with Crippen LogP contribution in [0.15, 0.2) is 30.7 Å². The molecule has 1 aromatic carbocycles. The lowest BCUT2D eigenvalue weighted by Crippen LogP contribution is -2.35. The molecule has 0 bridgehead atoms. The number of imidazole rings is 1. The number of ether oxygens (including phenoxy) is 1. The zero-order valence-corrected chi connectivity index (χ0v) is 12.3. The van der Waals surface area contributed by atoms with Gasteiger partial charge in [-0.2, -0.15) is 0 Å². The molecule has 1 aromatic heterocycles. The summed E-state index contributed by atoms with van der Waals surface area (Å²) < 4.78 is 20.4. The molecule has 0 amide bonds. The minimum Gasteiger partial charge on any atom is -0.494 e. The van der Waals surface area contributed by atoms with Crippen molar-refractivity contribution in [3.63, 3.8) is 0 Å². The molecule has 0 radical (unpaired) electrons. The summed E-state index contributed by atoms with van der Waals surface area (Å²) in [6.45, 7) is 7.00. The molecule has 20 heavy (non-hydrogen) atoms. The van der Waals surface area contributed by atoms with E-state index in [1.54, 1.807) is 24.7 Å². The maximum atomic E-state index is 13.5. The highest BCUT2D eigenvalue weighted by Gasteiger charge is 2.12. The summed E-state index contributed by atoms with van der Waals surface area (Å²) in [6, 6.07) is 4.77. The number of aromatic nitrogens is 2. The van der Waals surface area contributed by atoms with Crippen LogP contribution in [0.25, 0.3) is 5.69 Å². The summed E-state index contributed by atoms with van der Waals surface area (Å²) in [5, 5.41) is 3.41. The molecule has 2 aromatic rings. The largest absolute Gasteiger partial charge is 0.494 e. The Labute approximate surface area is 118 Å². The average molecular weight is 277 g/mol. The topological polar surface area (TPSA) is 39.1 Å². The number of hydrogen-bond donors (Lipinski definition) is 1. The van der Waals surface area contributed by atoms with Crippen LogP contribution in [-0.2, 0) is 6.54 Å². The van der Waals surface area contributed by atoms with E-state index >= 15 is 0 Å². The summed E-state index contributed by atoms with van der Waals surface area (Å²) >= 11 is 0. The third-order valence-corrected chi connectivity index (χ3v) is 2.93. The molecule has 0 aliphatic rings. The van der Waals surface area contributed by atoms with E-state index in [1.165, 1.54) is 13.2 Å². The van der Waals surface area contributed by atoms with E-state index in [0.29, 0.717) is 6.54 Å². The van der Waals surface area contributed by atoms with Gasteiger partial charge >= 0.3 is 0 Å². The Balaban J connectivity index is 2.27. The molecule has 0 aliphatic carbocycles. The quantitative estimate of drug-likeness (QED) is 0.934. The second-order valence-corrected chi connectivity index (χ2v) is 5.68. The first-order valence-electron chi connectivity index (χ1n) is 6.51. The monoisotopic (exact) mass is 277 g/mol. The fraction of sp³-hybridized carbons (Fsp3) is 0.400. The van der Waals surface area contributed by atoms with Gasteiger partial charge in [0.25, 0.3) is 0 Å². The van der Waals surface area contributed by atoms with Crippen LogP contribution in [0, 0.1) is 5.82 Å². The summed E-state index contributed by atoms with van der Waals surface area (Å²) in [7, 11) is 1.46. The Morgan fingerprint density at radius 2 is 2.10 bits per heavy atom. The number of hydrogen-bond acceptors (Lipinski definition) is 3. The Morgan fingerprint density at radius 1 is 1.35 bits per heavy atom. The van der Waals surface area contributed by atoms with Gasteiger partial charge in [-0.1, -0.05) is 0 Å². The first kappa shape index (κ1) is 14.5. The molecule has 0 spiro atoms. The smallest absolute Gasteiger partial charge is 0.165 e. The van der Waals surface area contributed by atoms with E-state index in [-0.39, 0.29) is 17.1 Å². The maximum absolute atomic E-state index is 13.5. The summed E-state index contributed by atoms with van der Waals surface area (Å²) in [6.07, 6.45) is 3.51. The van der Waals surface area contributed by atoms with E-state index in [9.17, 15) is 4.39 Å². The molecule has 0 atom stereocenters. The minimum atomic E-state index is -0.370. The lowest BCUT2D eigenvalue weighted by molar-refractivity contribution is 0.386. The molecule has 5 heteroatoms. The predicted octanol–water partition coefficient (Wildman–Crippen LogP) is 2.91. The summed E-state index contributed by atoms with van der Waals surface area (Å²) in [4.78, 5) is 4.17. The number of halogens is 1. The van der Waals surface area contributed by atoms with Gasteiger partial charge in [0.2, 0.25) is 0 Å². The zero-order valence-electron chi connectivity index (χ0n) is 12.3. The fourth-order valence-electron chi connectivity index (χ4n) is 1.84. The molecule has 0 aliphatic heterocycles. The van der Waals surface area contributed by atoms with Crippen LogP contribution in [0.1, 0.15) is 26.5 Å². The van der Waals surface area contributed by atoms with Crippen molar-refractivity contribution in [2.24, 2.45) is 0 Å². The van der Waals surface area contributed by atoms with Gasteiger partial charge < -0.3 is 14.6 Å². The average Bonchev–Trinajstić information content (AvgIpc) is 2.84. The van der Waals surface area contributed by atoms with Crippen molar-refractivity contribution in [1.29, 1.82) is 0 Å². The number of methoxy groups -OCH3 is 1. The summed E-state index contributed by atoms with van der Waals surface area (Å²) in [5.74, 6) is -0.142. The van der Waals surface area contributed by atoms with Crippen molar-refractivity contribution in [2.75, 3.05) is 7.11 Å². The van der Waals surface area contributed by atoms with Crippen LogP contribution in [0.2, 0.25) is 0 Å². The van der Waals surface area contributed by atoms with E-state index < -0.39 is 0 Å². The number of rotatable bonds is 4. The van der Waals surface area contributed by atoms with Gasteiger partial charge in [0.15, 0.2) is 11.6 Å². The van der Waals surface area contributed by atoms with Crippen LogP contribution in [-0.4, -0.2) is 22.2 Å². The van der Waals surface area contributed by atoms with Crippen LogP contribution < -0.4 is 10.1 Å². The van der Waals surface area contributed by atoms with Gasteiger partial charge in [-0.3, -0.25) is 0 Å². The molecule has 4 nitrogen and oxygen atoms in total. The highest BCUT2D eigenvalue weighted by molar-refractivity contribution is 5.41. The van der Waals surface area contributed by atoms with Gasteiger partial charge in [-0.15, -0.1) is 0 Å². The minimum absolute atomic E-state index is 0.0234. The van der Waals surface area contributed by atoms with E-state index in [2.05, 4.69) is 31.1 Å². The molecule has 1 heterocycles. The lowest BCUT2D eigenvalue weighted by Gasteiger charge is -2.21. The van der Waals surface area contributed by atoms with Crippen molar-refractivity contribution in [1.82, 2.24) is 14.9 Å². The van der Waals surface area contributed by atoms with Gasteiger partial charge in [-0.25, -0.2) is 9.37 Å². The predicted molar refractivity (Wildman–Crippen MR) is 76.7 cm³/mol. The first-order valence-corrected chi connectivity index (χ1v) is 6.51. The number of nitrogens with one attached hydrogen (secondary N) is 1. The van der Waals surface area contributed by atoms with E-state index in [0.717, 1.165) is 11.4 Å². The lowest BCUT2D eigenvalue weighted by atomic mass is 10.1. The van der Waals surface area contributed by atoms with E-state index in [1.807, 2.05) is 4.57 Å². The Morgan fingerprint density at radius 3 is 2.75 bits per heavy atom. The van der Waals surface area contributed by atoms with Crippen molar-refractivity contribution >= 4 is 0 Å². The molecule has 0 saturated carbocycles. The molecule has 108 valence electrons. The molecule has 1 N–H and O–H groups in total. The fourth-order valence-corrected chi connectivity index (χ4v) is 1.84. The molecule has 0 fully saturated rings. The van der Waals surface area contributed by atoms with Crippen LogP contribution in [0.3, 0.4) is 0 Å². The van der Waals surface area contributed by atoms with Crippen LogP contribution in [0.4, 0.5) is 4.39 Å². The second-order valence-electron chi connectivity index (χ2n) is 5.68. The molecule has 0 saturated heterocycles. The SMILES string of the molecule is COc1cc(-n2cncc2CNC(C)(C)C)ccc1F. The third-order valence-electron chi connectivity index (χ3n) is 2.93. The molecular weight excluding hydrogens is 257 g/mol. The Bertz CT molecular complexity index is 587. The standard InChI is InChI=1S/C15H20FN3O/c1-15(2,3)18-9-12-8-17-10-19(12)11-5-6-13(16)14(7-11)20-4/h5-8,10,18H,9H2,1-4H3. The third kappa shape index (κ3) is 3.36. The zero-order chi connectivity index (χ0) is 14.8. The van der Waals surface area contributed by atoms with Gasteiger partial charge in [0.1, 0.15) is 0 Å². The molecule has 2 rings (SSSR count). The number of nitrogens with zero attached hydrogens (tertiary/aromatic N) is 2. The van der Waals surface area contributed by atoms with Gasteiger partial charge in [0.05, 0.1) is 24.8 Å². The van der Waals surface area contributed by atoms with Gasteiger partial charge in [0, 0.05) is 24.3 Å². The van der Waals surface area contributed by atoms with E-state index in [4.69, 9.17) is 4.74 Å². The Hall–Kier alpha value is -1.88. The van der Waals surface area contributed by atoms with Crippen molar-refractivity contribution < 1.29 is 9.13 Å². The normalized spacial score (nSPS) is 11.7. The second kappa shape index (κ2) is 5.63.